The minimum atomic E-state index is -0.253. The number of hydrogen-bond donors (Lipinski definition) is 1. The third-order valence-corrected chi connectivity index (χ3v) is 2.15. The lowest BCUT2D eigenvalue weighted by atomic mass is 10.1. The number of pyridine rings is 1. The Morgan fingerprint density at radius 2 is 2.31 bits per heavy atom. The van der Waals surface area contributed by atoms with Gasteiger partial charge in [-0.05, 0) is 32.9 Å². The van der Waals surface area contributed by atoms with Gasteiger partial charge in [0, 0.05) is 19.3 Å². The van der Waals surface area contributed by atoms with Crippen LogP contribution in [0.4, 0.5) is 5.69 Å². The van der Waals surface area contributed by atoms with E-state index in [4.69, 9.17) is 10.00 Å². The van der Waals surface area contributed by atoms with E-state index < -0.39 is 0 Å². The van der Waals surface area contributed by atoms with Crippen molar-refractivity contribution in [2.24, 2.45) is 0 Å². The zero-order valence-corrected chi connectivity index (χ0v) is 9.95. The second-order valence-electron chi connectivity index (χ2n) is 4.06. The number of ether oxygens (including phenoxy) is 1. The van der Waals surface area contributed by atoms with Gasteiger partial charge in [0.1, 0.15) is 6.07 Å². The van der Waals surface area contributed by atoms with Gasteiger partial charge in [-0.15, -0.1) is 0 Å². The molecule has 1 rings (SSSR count). The summed E-state index contributed by atoms with van der Waals surface area (Å²) >= 11 is 0. The molecule has 0 amide bonds. The topological polar surface area (TPSA) is 57.9 Å². The summed E-state index contributed by atoms with van der Waals surface area (Å²) in [6.45, 7) is 7.29. The molecule has 0 atom stereocenters. The van der Waals surface area contributed by atoms with Gasteiger partial charge in [-0.1, -0.05) is 0 Å². The van der Waals surface area contributed by atoms with Crippen molar-refractivity contribution < 1.29 is 4.74 Å². The Morgan fingerprint density at radius 3 is 2.94 bits per heavy atom. The van der Waals surface area contributed by atoms with Crippen LogP contribution < -0.4 is 5.32 Å². The lowest BCUT2D eigenvalue weighted by molar-refractivity contribution is 0.000693. The molecule has 4 nitrogen and oxygen atoms in total. The number of nitriles is 1. The van der Waals surface area contributed by atoms with Gasteiger partial charge >= 0.3 is 0 Å². The minimum Gasteiger partial charge on any atom is -0.380 e. The first kappa shape index (κ1) is 12.5. The predicted molar refractivity (Wildman–Crippen MR) is 63.1 cm³/mol. The molecule has 0 saturated carbocycles. The standard InChI is InChI=1S/C12H17N3O/c1-4-16-12(2,3)9-15-10-6-5-7-14-11(10)8-13/h5-7,15H,4,9H2,1-3H3. The van der Waals surface area contributed by atoms with Crippen molar-refractivity contribution in [3.8, 4) is 6.07 Å². The van der Waals surface area contributed by atoms with Crippen molar-refractivity contribution in [2.75, 3.05) is 18.5 Å². The zero-order valence-electron chi connectivity index (χ0n) is 9.95. The van der Waals surface area contributed by atoms with Gasteiger partial charge < -0.3 is 10.1 Å². The Hall–Kier alpha value is -1.60. The summed E-state index contributed by atoms with van der Waals surface area (Å²) in [6, 6.07) is 5.69. The molecule has 16 heavy (non-hydrogen) atoms. The van der Waals surface area contributed by atoms with E-state index in [1.54, 1.807) is 12.3 Å². The molecule has 0 fully saturated rings. The number of hydrogen-bond acceptors (Lipinski definition) is 4. The van der Waals surface area contributed by atoms with Crippen LogP contribution in [0, 0.1) is 11.3 Å². The van der Waals surface area contributed by atoms with Gasteiger partial charge in [0.05, 0.1) is 11.3 Å². The summed E-state index contributed by atoms with van der Waals surface area (Å²) in [6.07, 6.45) is 1.61. The number of nitrogens with one attached hydrogen (secondary N) is 1. The highest BCUT2D eigenvalue weighted by Gasteiger charge is 2.17. The first-order valence-electron chi connectivity index (χ1n) is 5.32. The van der Waals surface area contributed by atoms with E-state index in [9.17, 15) is 0 Å². The van der Waals surface area contributed by atoms with Gasteiger partial charge in [0.15, 0.2) is 5.69 Å². The van der Waals surface area contributed by atoms with Gasteiger partial charge in [-0.3, -0.25) is 0 Å². The lowest BCUT2D eigenvalue weighted by Crippen LogP contribution is -2.33. The van der Waals surface area contributed by atoms with E-state index in [-0.39, 0.29) is 5.60 Å². The highest BCUT2D eigenvalue weighted by atomic mass is 16.5. The molecule has 0 saturated heterocycles. The molecule has 0 spiro atoms. The minimum absolute atomic E-state index is 0.253. The van der Waals surface area contributed by atoms with Crippen molar-refractivity contribution in [1.82, 2.24) is 4.98 Å². The van der Waals surface area contributed by atoms with E-state index in [2.05, 4.69) is 10.3 Å². The first-order valence-corrected chi connectivity index (χ1v) is 5.32. The van der Waals surface area contributed by atoms with Crippen LogP contribution in [0.1, 0.15) is 26.5 Å². The second-order valence-corrected chi connectivity index (χ2v) is 4.06. The van der Waals surface area contributed by atoms with Gasteiger partial charge in [-0.25, -0.2) is 4.98 Å². The molecule has 0 aliphatic rings. The van der Waals surface area contributed by atoms with Crippen LogP contribution in [0.5, 0.6) is 0 Å². The molecule has 0 aliphatic carbocycles. The van der Waals surface area contributed by atoms with E-state index in [1.807, 2.05) is 32.9 Å². The number of rotatable bonds is 5. The summed E-state index contributed by atoms with van der Waals surface area (Å²) in [7, 11) is 0. The normalized spacial score (nSPS) is 10.9. The maximum absolute atomic E-state index is 8.87. The third-order valence-electron chi connectivity index (χ3n) is 2.15. The van der Waals surface area contributed by atoms with E-state index >= 15 is 0 Å². The molecule has 0 radical (unpaired) electrons. The van der Waals surface area contributed by atoms with Crippen LogP contribution in [0.3, 0.4) is 0 Å². The Kier molecular flexibility index (Phi) is 4.27. The van der Waals surface area contributed by atoms with Crippen molar-refractivity contribution in [3.05, 3.63) is 24.0 Å². The van der Waals surface area contributed by atoms with Crippen molar-refractivity contribution in [2.45, 2.75) is 26.4 Å². The Morgan fingerprint density at radius 1 is 1.56 bits per heavy atom. The van der Waals surface area contributed by atoms with Crippen LogP contribution in [-0.2, 0) is 4.74 Å². The van der Waals surface area contributed by atoms with Crippen LogP contribution in [0.15, 0.2) is 18.3 Å². The van der Waals surface area contributed by atoms with Crippen molar-refractivity contribution in [1.29, 1.82) is 5.26 Å². The Bertz CT molecular complexity index is 382. The molecule has 0 unspecified atom stereocenters. The molecule has 4 heteroatoms. The number of anilines is 1. The second kappa shape index (κ2) is 5.47. The maximum Gasteiger partial charge on any atom is 0.163 e. The molecule has 1 aromatic rings. The summed E-state index contributed by atoms with van der Waals surface area (Å²) in [5, 5.41) is 12.0. The van der Waals surface area contributed by atoms with Gasteiger partial charge in [0.2, 0.25) is 0 Å². The fourth-order valence-corrected chi connectivity index (χ4v) is 1.39. The highest BCUT2D eigenvalue weighted by molar-refractivity contribution is 5.53. The molecule has 1 heterocycles. The largest absolute Gasteiger partial charge is 0.380 e. The fourth-order valence-electron chi connectivity index (χ4n) is 1.39. The summed E-state index contributed by atoms with van der Waals surface area (Å²) in [5.74, 6) is 0. The zero-order chi connectivity index (χ0) is 12.0. The van der Waals surface area contributed by atoms with Crippen molar-refractivity contribution in [3.63, 3.8) is 0 Å². The molecule has 0 aliphatic heterocycles. The summed E-state index contributed by atoms with van der Waals surface area (Å²) in [5.41, 5.74) is 0.907. The highest BCUT2D eigenvalue weighted by Crippen LogP contribution is 2.14. The Balaban J connectivity index is 2.65. The molecule has 1 N–H and O–H groups in total. The first-order chi connectivity index (χ1) is 7.59. The van der Waals surface area contributed by atoms with Crippen LogP contribution >= 0.6 is 0 Å². The van der Waals surface area contributed by atoms with Gasteiger partial charge in [0.25, 0.3) is 0 Å². The average molecular weight is 219 g/mol. The molecular weight excluding hydrogens is 202 g/mol. The van der Waals surface area contributed by atoms with Crippen molar-refractivity contribution >= 4 is 5.69 Å². The van der Waals surface area contributed by atoms with Crippen LogP contribution in [-0.4, -0.2) is 23.7 Å². The number of nitrogens with zero attached hydrogens (tertiary/aromatic N) is 2. The van der Waals surface area contributed by atoms with E-state index in [1.165, 1.54) is 0 Å². The smallest absolute Gasteiger partial charge is 0.163 e. The van der Waals surface area contributed by atoms with Crippen LogP contribution in [0.2, 0.25) is 0 Å². The lowest BCUT2D eigenvalue weighted by Gasteiger charge is -2.25. The molecule has 1 aromatic heterocycles. The molecule has 86 valence electrons. The quantitative estimate of drug-likeness (QED) is 0.824. The molecule has 0 aromatic carbocycles. The Labute approximate surface area is 96.3 Å². The SMILES string of the molecule is CCOC(C)(C)CNc1cccnc1C#N. The fraction of sp³-hybridized carbons (Fsp3) is 0.500. The van der Waals surface area contributed by atoms with Gasteiger partial charge in [-0.2, -0.15) is 5.26 Å². The summed E-state index contributed by atoms with van der Waals surface area (Å²) in [4.78, 5) is 3.98. The monoisotopic (exact) mass is 219 g/mol. The van der Waals surface area contributed by atoms with E-state index in [0.717, 1.165) is 5.69 Å². The summed E-state index contributed by atoms with van der Waals surface area (Å²) < 4.78 is 5.56. The van der Waals surface area contributed by atoms with Crippen LogP contribution in [0.25, 0.3) is 0 Å². The predicted octanol–water partition coefficient (Wildman–Crippen LogP) is 2.18. The third kappa shape index (κ3) is 3.52. The molecule has 0 bridgehead atoms. The van der Waals surface area contributed by atoms with E-state index in [0.29, 0.717) is 18.8 Å². The number of aromatic nitrogens is 1. The average Bonchev–Trinajstić information content (AvgIpc) is 2.27. The molecular formula is C12H17N3O. The maximum atomic E-state index is 8.87.